The molecular weight excluding hydrogens is 276 g/mol. The topological polar surface area (TPSA) is 49.9 Å². The number of rotatable bonds is 4. The van der Waals surface area contributed by atoms with Crippen LogP contribution in [0.2, 0.25) is 5.02 Å². The normalized spacial score (nSPS) is 10.4. The van der Waals surface area contributed by atoms with E-state index < -0.39 is 0 Å². The molecule has 0 aliphatic rings. The molecule has 4 heteroatoms. The molecule has 0 amide bonds. The Kier molecular flexibility index (Phi) is 4.51. The van der Waals surface area contributed by atoms with E-state index in [2.05, 4.69) is 0 Å². The number of hydrogen-bond acceptors (Lipinski definition) is 2. The maximum Gasteiger partial charge on any atom is 0.122 e. The van der Waals surface area contributed by atoms with Gasteiger partial charge in [0, 0.05) is 16.2 Å². The lowest BCUT2D eigenvalue weighted by Gasteiger charge is -2.08. The van der Waals surface area contributed by atoms with Gasteiger partial charge in [0.1, 0.15) is 5.84 Å². The van der Waals surface area contributed by atoms with E-state index in [1.807, 2.05) is 49.4 Å². The Hall–Kier alpha value is -1.45. The van der Waals surface area contributed by atoms with Gasteiger partial charge in [0.2, 0.25) is 0 Å². The van der Waals surface area contributed by atoms with Crippen molar-refractivity contribution >= 4 is 29.2 Å². The molecule has 0 saturated carbocycles. The predicted octanol–water partition coefficient (Wildman–Crippen LogP) is 4.22. The standard InChI is InChI=1S/C15H15ClN2S/c1-10-8-11(15(17)18)6-7-12(10)9-19-14-5-3-2-4-13(14)16/h2-8H,9H2,1H3,(H3,17,18). The van der Waals surface area contributed by atoms with Crippen molar-refractivity contribution in [2.24, 2.45) is 5.73 Å². The Balaban J connectivity index is 2.12. The highest BCUT2D eigenvalue weighted by Crippen LogP contribution is 2.30. The number of aryl methyl sites for hydroxylation is 1. The van der Waals surface area contributed by atoms with Crippen LogP contribution in [-0.4, -0.2) is 5.84 Å². The van der Waals surface area contributed by atoms with E-state index in [0.29, 0.717) is 0 Å². The third kappa shape index (κ3) is 3.52. The molecule has 2 aromatic rings. The van der Waals surface area contributed by atoms with Gasteiger partial charge in [0.15, 0.2) is 0 Å². The zero-order chi connectivity index (χ0) is 13.8. The zero-order valence-electron chi connectivity index (χ0n) is 10.6. The van der Waals surface area contributed by atoms with E-state index in [1.165, 1.54) is 5.56 Å². The summed E-state index contributed by atoms with van der Waals surface area (Å²) in [4.78, 5) is 1.08. The van der Waals surface area contributed by atoms with Crippen molar-refractivity contribution in [1.82, 2.24) is 0 Å². The highest BCUT2D eigenvalue weighted by molar-refractivity contribution is 7.98. The Morgan fingerprint density at radius 3 is 2.63 bits per heavy atom. The van der Waals surface area contributed by atoms with Crippen LogP contribution < -0.4 is 5.73 Å². The fourth-order valence-corrected chi connectivity index (χ4v) is 3.06. The second-order valence-electron chi connectivity index (χ2n) is 4.27. The van der Waals surface area contributed by atoms with Gasteiger partial charge in [-0.3, -0.25) is 5.41 Å². The van der Waals surface area contributed by atoms with Gasteiger partial charge in [-0.05, 0) is 36.2 Å². The largest absolute Gasteiger partial charge is 0.384 e. The fourth-order valence-electron chi connectivity index (χ4n) is 1.74. The molecule has 0 bridgehead atoms. The zero-order valence-corrected chi connectivity index (χ0v) is 12.2. The van der Waals surface area contributed by atoms with Crippen molar-refractivity contribution in [2.75, 3.05) is 0 Å². The Labute approximate surface area is 122 Å². The van der Waals surface area contributed by atoms with Crippen LogP contribution in [0.15, 0.2) is 47.4 Å². The molecule has 0 saturated heterocycles. The van der Waals surface area contributed by atoms with Crippen LogP contribution in [0.1, 0.15) is 16.7 Å². The van der Waals surface area contributed by atoms with Crippen LogP contribution in [-0.2, 0) is 5.75 Å². The van der Waals surface area contributed by atoms with Crippen molar-refractivity contribution in [3.63, 3.8) is 0 Å². The molecule has 0 unspecified atom stereocenters. The summed E-state index contributed by atoms with van der Waals surface area (Å²) < 4.78 is 0. The number of hydrogen-bond donors (Lipinski definition) is 2. The van der Waals surface area contributed by atoms with Crippen molar-refractivity contribution < 1.29 is 0 Å². The summed E-state index contributed by atoms with van der Waals surface area (Å²) in [5.74, 6) is 0.960. The van der Waals surface area contributed by atoms with Crippen LogP contribution in [0, 0.1) is 12.3 Å². The number of benzene rings is 2. The average molecular weight is 291 g/mol. The van der Waals surface area contributed by atoms with Gasteiger partial charge in [0.05, 0.1) is 5.02 Å². The van der Waals surface area contributed by atoms with E-state index in [1.54, 1.807) is 11.8 Å². The second kappa shape index (κ2) is 6.13. The molecular formula is C15H15ClN2S. The SMILES string of the molecule is Cc1cc(C(=N)N)ccc1CSc1ccccc1Cl. The molecule has 0 aliphatic heterocycles. The van der Waals surface area contributed by atoms with Crippen LogP contribution in [0.4, 0.5) is 0 Å². The number of thioether (sulfide) groups is 1. The molecule has 0 atom stereocenters. The van der Waals surface area contributed by atoms with Crippen LogP contribution in [0.25, 0.3) is 0 Å². The first kappa shape index (κ1) is 14.0. The van der Waals surface area contributed by atoms with Gasteiger partial charge in [-0.15, -0.1) is 11.8 Å². The van der Waals surface area contributed by atoms with Crippen molar-refractivity contribution in [1.29, 1.82) is 5.41 Å². The third-order valence-corrected chi connectivity index (χ3v) is 4.44. The van der Waals surface area contributed by atoms with E-state index in [0.717, 1.165) is 26.8 Å². The maximum absolute atomic E-state index is 7.42. The van der Waals surface area contributed by atoms with Crippen LogP contribution in [0.5, 0.6) is 0 Å². The molecule has 19 heavy (non-hydrogen) atoms. The molecule has 98 valence electrons. The molecule has 0 radical (unpaired) electrons. The minimum Gasteiger partial charge on any atom is -0.384 e. The maximum atomic E-state index is 7.42. The number of nitrogens with two attached hydrogens (primary N) is 1. The van der Waals surface area contributed by atoms with Crippen molar-refractivity contribution in [3.05, 3.63) is 64.2 Å². The summed E-state index contributed by atoms with van der Waals surface area (Å²) in [5.41, 5.74) is 8.62. The quantitative estimate of drug-likeness (QED) is 0.503. The van der Waals surface area contributed by atoms with E-state index in [-0.39, 0.29) is 5.84 Å². The van der Waals surface area contributed by atoms with Gasteiger partial charge in [-0.1, -0.05) is 35.9 Å². The van der Waals surface area contributed by atoms with Crippen LogP contribution >= 0.6 is 23.4 Å². The molecule has 2 nitrogen and oxygen atoms in total. The molecule has 3 N–H and O–H groups in total. The van der Waals surface area contributed by atoms with Gasteiger partial charge in [0.25, 0.3) is 0 Å². The second-order valence-corrected chi connectivity index (χ2v) is 5.70. The summed E-state index contributed by atoms with van der Waals surface area (Å²) in [7, 11) is 0. The van der Waals surface area contributed by atoms with E-state index >= 15 is 0 Å². The number of nitrogen functional groups attached to an aromatic ring is 1. The Morgan fingerprint density at radius 1 is 1.26 bits per heavy atom. The lowest BCUT2D eigenvalue weighted by Crippen LogP contribution is -2.11. The Morgan fingerprint density at radius 2 is 2.00 bits per heavy atom. The van der Waals surface area contributed by atoms with Gasteiger partial charge >= 0.3 is 0 Å². The highest BCUT2D eigenvalue weighted by atomic mass is 35.5. The summed E-state index contributed by atoms with van der Waals surface area (Å²) in [6.07, 6.45) is 0. The summed E-state index contributed by atoms with van der Waals surface area (Å²) in [6, 6.07) is 13.7. The Bertz CT molecular complexity index is 611. The average Bonchev–Trinajstić information content (AvgIpc) is 2.39. The smallest absolute Gasteiger partial charge is 0.122 e. The minimum absolute atomic E-state index is 0.105. The first-order valence-electron chi connectivity index (χ1n) is 5.89. The molecule has 2 aromatic carbocycles. The molecule has 0 fully saturated rings. The van der Waals surface area contributed by atoms with Gasteiger partial charge in [-0.25, -0.2) is 0 Å². The van der Waals surface area contributed by atoms with E-state index in [9.17, 15) is 0 Å². The first-order valence-corrected chi connectivity index (χ1v) is 7.25. The third-order valence-electron chi connectivity index (χ3n) is 2.87. The molecule has 0 aromatic heterocycles. The predicted molar refractivity (Wildman–Crippen MR) is 83.2 cm³/mol. The number of amidine groups is 1. The number of halogens is 1. The minimum atomic E-state index is 0.105. The van der Waals surface area contributed by atoms with Crippen molar-refractivity contribution in [2.45, 2.75) is 17.6 Å². The van der Waals surface area contributed by atoms with E-state index in [4.69, 9.17) is 22.7 Å². The fraction of sp³-hybridized carbons (Fsp3) is 0.133. The highest BCUT2D eigenvalue weighted by Gasteiger charge is 2.05. The molecule has 0 aliphatic carbocycles. The summed E-state index contributed by atoms with van der Waals surface area (Å²) in [5, 5.41) is 8.21. The molecule has 0 heterocycles. The molecule has 0 spiro atoms. The summed E-state index contributed by atoms with van der Waals surface area (Å²) >= 11 is 7.84. The lowest BCUT2D eigenvalue weighted by molar-refractivity contribution is 1.28. The van der Waals surface area contributed by atoms with Gasteiger partial charge in [-0.2, -0.15) is 0 Å². The summed E-state index contributed by atoms with van der Waals surface area (Å²) in [6.45, 7) is 2.04. The number of nitrogens with one attached hydrogen (secondary N) is 1. The van der Waals surface area contributed by atoms with Crippen LogP contribution in [0.3, 0.4) is 0 Å². The van der Waals surface area contributed by atoms with Crippen molar-refractivity contribution in [3.8, 4) is 0 Å². The lowest BCUT2D eigenvalue weighted by atomic mass is 10.1. The first-order chi connectivity index (χ1) is 9.08. The van der Waals surface area contributed by atoms with Gasteiger partial charge < -0.3 is 5.73 Å². The monoisotopic (exact) mass is 290 g/mol. The molecule has 2 rings (SSSR count).